The first-order valence-corrected chi connectivity index (χ1v) is 9.89. The second kappa shape index (κ2) is 7.29. The molecule has 0 spiro atoms. The lowest BCUT2D eigenvalue weighted by atomic mass is 10.2. The molecule has 4 aromatic rings. The highest BCUT2D eigenvalue weighted by Gasteiger charge is 2.14. The molecule has 0 aliphatic carbocycles. The zero-order valence-corrected chi connectivity index (χ0v) is 16.5. The number of morpholine rings is 1. The van der Waals surface area contributed by atoms with Gasteiger partial charge in [0.15, 0.2) is 0 Å². The van der Waals surface area contributed by atoms with Crippen LogP contribution in [0.15, 0.2) is 42.6 Å². The molecule has 0 atom stereocenters. The molecule has 0 unspecified atom stereocenters. The summed E-state index contributed by atoms with van der Waals surface area (Å²) in [5.41, 5.74) is 4.77. The lowest BCUT2D eigenvalue weighted by molar-refractivity contribution is 0.122. The van der Waals surface area contributed by atoms with Crippen LogP contribution >= 0.6 is 0 Å². The van der Waals surface area contributed by atoms with Crippen LogP contribution in [0.1, 0.15) is 19.9 Å². The van der Waals surface area contributed by atoms with Crippen molar-refractivity contribution >= 4 is 39.3 Å². The zero-order valence-electron chi connectivity index (χ0n) is 16.5. The van der Waals surface area contributed by atoms with Crippen molar-refractivity contribution in [1.82, 2.24) is 25.0 Å². The van der Waals surface area contributed by atoms with Gasteiger partial charge in [-0.1, -0.05) is 5.21 Å². The van der Waals surface area contributed by atoms with E-state index in [9.17, 15) is 0 Å². The SMILES string of the molecule is CC(C)n1nnc2ccc3cnc(Nc4ccc(N5CCOCC5)cc4)nc3c21. The van der Waals surface area contributed by atoms with Crippen LogP contribution in [0.4, 0.5) is 17.3 Å². The van der Waals surface area contributed by atoms with Crippen molar-refractivity contribution in [3.05, 3.63) is 42.6 Å². The quantitative estimate of drug-likeness (QED) is 0.572. The van der Waals surface area contributed by atoms with Crippen LogP contribution in [-0.2, 0) is 4.74 Å². The molecule has 148 valence electrons. The molecular weight excluding hydrogens is 366 g/mol. The van der Waals surface area contributed by atoms with Crippen molar-refractivity contribution in [2.75, 3.05) is 36.5 Å². The zero-order chi connectivity index (χ0) is 19.8. The van der Waals surface area contributed by atoms with E-state index >= 15 is 0 Å². The van der Waals surface area contributed by atoms with Gasteiger partial charge in [-0.3, -0.25) is 0 Å². The number of hydrogen-bond donors (Lipinski definition) is 1. The summed E-state index contributed by atoms with van der Waals surface area (Å²) in [6.07, 6.45) is 1.84. The Kier molecular flexibility index (Phi) is 4.48. The van der Waals surface area contributed by atoms with E-state index in [1.165, 1.54) is 5.69 Å². The number of rotatable bonds is 4. The molecule has 1 aliphatic rings. The number of aromatic nitrogens is 5. The van der Waals surface area contributed by atoms with Gasteiger partial charge in [0.05, 0.1) is 13.2 Å². The van der Waals surface area contributed by atoms with Crippen LogP contribution in [0, 0.1) is 0 Å². The van der Waals surface area contributed by atoms with E-state index in [4.69, 9.17) is 9.72 Å². The third-order valence-electron chi connectivity index (χ3n) is 5.17. The Balaban J connectivity index is 1.46. The summed E-state index contributed by atoms with van der Waals surface area (Å²) >= 11 is 0. The Morgan fingerprint density at radius 1 is 1.03 bits per heavy atom. The molecule has 0 amide bonds. The third-order valence-corrected chi connectivity index (χ3v) is 5.17. The number of hydrogen-bond acceptors (Lipinski definition) is 7. The summed E-state index contributed by atoms with van der Waals surface area (Å²) in [5, 5.41) is 12.8. The van der Waals surface area contributed by atoms with E-state index in [1.54, 1.807) is 0 Å². The van der Waals surface area contributed by atoms with Gasteiger partial charge in [-0.15, -0.1) is 5.10 Å². The maximum atomic E-state index is 5.43. The summed E-state index contributed by atoms with van der Waals surface area (Å²) in [7, 11) is 0. The average molecular weight is 389 g/mol. The number of nitrogens with one attached hydrogen (secondary N) is 1. The molecule has 1 saturated heterocycles. The third kappa shape index (κ3) is 3.36. The van der Waals surface area contributed by atoms with Crippen LogP contribution in [-0.4, -0.2) is 51.3 Å². The maximum Gasteiger partial charge on any atom is 0.227 e. The molecule has 1 N–H and O–H groups in total. The fraction of sp³-hybridized carbons (Fsp3) is 0.333. The smallest absolute Gasteiger partial charge is 0.227 e. The molecule has 29 heavy (non-hydrogen) atoms. The van der Waals surface area contributed by atoms with Crippen LogP contribution in [0.5, 0.6) is 0 Å². The molecule has 8 heteroatoms. The van der Waals surface area contributed by atoms with Crippen molar-refractivity contribution in [2.45, 2.75) is 19.9 Å². The molecule has 8 nitrogen and oxygen atoms in total. The van der Waals surface area contributed by atoms with E-state index in [-0.39, 0.29) is 6.04 Å². The van der Waals surface area contributed by atoms with Crippen LogP contribution in [0.2, 0.25) is 0 Å². The molecule has 0 saturated carbocycles. The summed E-state index contributed by atoms with van der Waals surface area (Å²) in [4.78, 5) is 11.6. The lowest BCUT2D eigenvalue weighted by Gasteiger charge is -2.28. The minimum Gasteiger partial charge on any atom is -0.378 e. The minimum absolute atomic E-state index is 0.199. The first-order chi connectivity index (χ1) is 14.2. The molecule has 0 bridgehead atoms. The predicted octanol–water partition coefficient (Wildman–Crippen LogP) is 3.54. The van der Waals surface area contributed by atoms with E-state index in [0.717, 1.165) is 53.9 Å². The van der Waals surface area contributed by atoms with E-state index in [1.807, 2.05) is 23.0 Å². The number of ether oxygens (including phenoxy) is 1. The van der Waals surface area contributed by atoms with Crippen molar-refractivity contribution in [2.24, 2.45) is 0 Å². The van der Waals surface area contributed by atoms with Gasteiger partial charge >= 0.3 is 0 Å². The molecule has 0 radical (unpaired) electrons. The van der Waals surface area contributed by atoms with Gasteiger partial charge < -0.3 is 15.0 Å². The highest BCUT2D eigenvalue weighted by molar-refractivity contribution is 6.01. The van der Waals surface area contributed by atoms with Gasteiger partial charge in [0, 0.05) is 42.1 Å². The summed E-state index contributed by atoms with van der Waals surface area (Å²) < 4.78 is 7.33. The fourth-order valence-electron chi connectivity index (χ4n) is 3.65. The standard InChI is InChI=1S/C21H23N7O/c1-14(2)28-20-18(25-26-28)8-3-15-13-22-21(24-19(15)20)23-16-4-6-17(7-5-16)27-9-11-29-12-10-27/h3-8,13-14H,9-12H2,1-2H3,(H,22,23,24). The number of benzene rings is 2. The van der Waals surface area contributed by atoms with Crippen LogP contribution < -0.4 is 10.2 Å². The van der Waals surface area contributed by atoms with Gasteiger partial charge in [0.2, 0.25) is 5.95 Å². The summed E-state index contributed by atoms with van der Waals surface area (Å²) in [6.45, 7) is 7.58. The van der Waals surface area contributed by atoms with Crippen molar-refractivity contribution in [3.63, 3.8) is 0 Å². The van der Waals surface area contributed by atoms with Gasteiger partial charge in [-0.25, -0.2) is 14.6 Å². The molecule has 1 fully saturated rings. The second-order valence-electron chi connectivity index (χ2n) is 7.46. The normalized spacial score (nSPS) is 14.8. The van der Waals surface area contributed by atoms with Crippen LogP contribution in [0.3, 0.4) is 0 Å². The first-order valence-electron chi connectivity index (χ1n) is 9.89. The van der Waals surface area contributed by atoms with Gasteiger partial charge in [0.25, 0.3) is 0 Å². The Morgan fingerprint density at radius 3 is 2.59 bits per heavy atom. The van der Waals surface area contributed by atoms with E-state index < -0.39 is 0 Å². The highest BCUT2D eigenvalue weighted by Crippen LogP contribution is 2.26. The van der Waals surface area contributed by atoms with Gasteiger partial charge in [0.1, 0.15) is 16.6 Å². The predicted molar refractivity (Wildman–Crippen MR) is 114 cm³/mol. The van der Waals surface area contributed by atoms with Crippen molar-refractivity contribution in [3.8, 4) is 0 Å². The Labute approximate surface area is 168 Å². The molecule has 2 aromatic carbocycles. The van der Waals surface area contributed by atoms with Crippen molar-refractivity contribution < 1.29 is 4.74 Å². The second-order valence-corrected chi connectivity index (χ2v) is 7.46. The van der Waals surface area contributed by atoms with Crippen LogP contribution in [0.25, 0.3) is 21.9 Å². The number of nitrogens with zero attached hydrogens (tertiary/aromatic N) is 6. The largest absolute Gasteiger partial charge is 0.378 e. The Morgan fingerprint density at radius 2 is 1.83 bits per heavy atom. The molecule has 5 rings (SSSR count). The lowest BCUT2D eigenvalue weighted by Crippen LogP contribution is -2.36. The molecular formula is C21H23N7O. The van der Waals surface area contributed by atoms with E-state index in [2.05, 4.69) is 63.6 Å². The van der Waals surface area contributed by atoms with Gasteiger partial charge in [-0.2, -0.15) is 0 Å². The van der Waals surface area contributed by atoms with E-state index in [0.29, 0.717) is 5.95 Å². The monoisotopic (exact) mass is 389 g/mol. The number of anilines is 3. The maximum absolute atomic E-state index is 5.43. The molecule has 3 heterocycles. The average Bonchev–Trinajstić information content (AvgIpc) is 3.20. The fourth-order valence-corrected chi connectivity index (χ4v) is 3.65. The Hall–Kier alpha value is -3.26. The Bertz CT molecular complexity index is 1150. The van der Waals surface area contributed by atoms with Gasteiger partial charge in [-0.05, 0) is 50.2 Å². The summed E-state index contributed by atoms with van der Waals surface area (Å²) in [6, 6.07) is 12.5. The van der Waals surface area contributed by atoms with Crippen molar-refractivity contribution in [1.29, 1.82) is 0 Å². The highest BCUT2D eigenvalue weighted by atomic mass is 16.5. The topological polar surface area (TPSA) is 81.0 Å². The summed E-state index contributed by atoms with van der Waals surface area (Å²) in [5.74, 6) is 0.556. The number of fused-ring (bicyclic) bond motifs is 3. The molecule has 1 aliphatic heterocycles. The minimum atomic E-state index is 0.199. The molecule has 2 aromatic heterocycles. The first kappa shape index (κ1) is 17.8.